The third kappa shape index (κ3) is 3.89. The highest BCUT2D eigenvalue weighted by molar-refractivity contribution is 8.00. The van der Waals surface area contributed by atoms with Crippen molar-refractivity contribution < 1.29 is 14.7 Å². The van der Waals surface area contributed by atoms with E-state index in [1.807, 2.05) is 0 Å². The maximum absolute atomic E-state index is 11.8. The number of carboxylic acids is 1. The van der Waals surface area contributed by atoms with Gasteiger partial charge in [-0.2, -0.15) is 0 Å². The van der Waals surface area contributed by atoms with Crippen LogP contribution in [-0.2, 0) is 9.59 Å². The van der Waals surface area contributed by atoms with Gasteiger partial charge in [0.25, 0.3) is 0 Å². The van der Waals surface area contributed by atoms with Crippen LogP contribution in [0.5, 0.6) is 0 Å². The van der Waals surface area contributed by atoms with E-state index >= 15 is 0 Å². The van der Waals surface area contributed by atoms with E-state index in [-0.39, 0.29) is 17.6 Å². The lowest BCUT2D eigenvalue weighted by atomic mass is 10.1. The van der Waals surface area contributed by atoms with E-state index in [0.717, 1.165) is 25.0 Å². The maximum Gasteiger partial charge on any atom is 0.326 e. The number of carbonyl (C=O) groups is 2. The first-order valence-electron chi connectivity index (χ1n) is 5.41. The van der Waals surface area contributed by atoms with Gasteiger partial charge in [-0.25, -0.2) is 4.79 Å². The van der Waals surface area contributed by atoms with Crippen molar-refractivity contribution in [1.82, 2.24) is 5.32 Å². The first kappa shape index (κ1) is 13.1. The monoisotopic (exact) mass is 243 g/mol. The minimum atomic E-state index is -1.01. The zero-order valence-corrected chi connectivity index (χ0v) is 9.96. The van der Waals surface area contributed by atoms with Crippen molar-refractivity contribution in [1.29, 1.82) is 0 Å². The molecule has 1 fully saturated rings. The molecule has 0 aliphatic carbocycles. The first-order valence-corrected chi connectivity index (χ1v) is 6.45. The van der Waals surface area contributed by atoms with Crippen molar-refractivity contribution in [2.24, 2.45) is 0 Å². The Labute approximate surface area is 99.5 Å². The van der Waals surface area contributed by atoms with Crippen LogP contribution >= 0.6 is 11.8 Å². The highest BCUT2D eigenvalue weighted by Crippen LogP contribution is 2.25. The fourth-order valence-corrected chi connectivity index (χ4v) is 2.81. The summed E-state index contributed by atoms with van der Waals surface area (Å²) in [4.78, 5) is 22.6. The Kier molecular flexibility index (Phi) is 5.38. The molecule has 2 unspecified atom stereocenters. The Bertz CT molecular complexity index is 274. The fraction of sp³-hybridized carbons (Fsp3) is 0.636. The van der Waals surface area contributed by atoms with Gasteiger partial charge in [0.15, 0.2) is 0 Å². The summed E-state index contributed by atoms with van der Waals surface area (Å²) in [6, 6.07) is -0.840. The predicted molar refractivity (Wildman–Crippen MR) is 64.5 cm³/mol. The second-order valence-corrected chi connectivity index (χ2v) is 5.09. The summed E-state index contributed by atoms with van der Waals surface area (Å²) in [6.45, 7) is 3.48. The lowest BCUT2D eigenvalue weighted by Crippen LogP contribution is -2.44. The fourth-order valence-electron chi connectivity index (χ4n) is 1.60. The molecule has 0 aromatic heterocycles. The smallest absolute Gasteiger partial charge is 0.326 e. The van der Waals surface area contributed by atoms with Gasteiger partial charge >= 0.3 is 5.97 Å². The van der Waals surface area contributed by atoms with Gasteiger partial charge < -0.3 is 10.4 Å². The van der Waals surface area contributed by atoms with E-state index < -0.39 is 12.0 Å². The molecule has 0 aromatic carbocycles. The van der Waals surface area contributed by atoms with Gasteiger partial charge in [-0.05, 0) is 25.0 Å². The molecule has 2 N–H and O–H groups in total. The Morgan fingerprint density at radius 2 is 2.31 bits per heavy atom. The summed E-state index contributed by atoms with van der Waals surface area (Å²) in [5.41, 5.74) is 0. The van der Waals surface area contributed by atoms with Gasteiger partial charge in [0, 0.05) is 0 Å². The summed E-state index contributed by atoms with van der Waals surface area (Å²) in [5.74, 6) is -0.176. The molecule has 1 heterocycles. The van der Waals surface area contributed by atoms with Crippen LogP contribution in [0.3, 0.4) is 0 Å². The average molecular weight is 243 g/mol. The lowest BCUT2D eigenvalue weighted by molar-refractivity contribution is -0.141. The molecule has 16 heavy (non-hydrogen) atoms. The van der Waals surface area contributed by atoms with Crippen LogP contribution in [0.15, 0.2) is 12.7 Å². The molecule has 0 saturated carbocycles. The maximum atomic E-state index is 11.8. The molecule has 1 amide bonds. The molecule has 1 aliphatic heterocycles. The molecule has 5 heteroatoms. The first-order chi connectivity index (χ1) is 7.65. The summed E-state index contributed by atoms with van der Waals surface area (Å²) in [5, 5.41) is 11.4. The molecular formula is C11H17NO3S. The Morgan fingerprint density at radius 3 is 2.81 bits per heavy atom. The molecule has 0 aromatic rings. The summed E-state index contributed by atoms with van der Waals surface area (Å²) >= 11 is 1.61. The van der Waals surface area contributed by atoms with Crippen molar-refractivity contribution in [3.05, 3.63) is 12.7 Å². The van der Waals surface area contributed by atoms with E-state index in [0.29, 0.717) is 0 Å². The molecule has 1 saturated heterocycles. The van der Waals surface area contributed by atoms with Crippen molar-refractivity contribution >= 4 is 23.6 Å². The van der Waals surface area contributed by atoms with Crippen LogP contribution in [0.1, 0.15) is 25.7 Å². The molecule has 1 rings (SSSR count). The van der Waals surface area contributed by atoms with E-state index in [1.54, 1.807) is 11.8 Å². The van der Waals surface area contributed by atoms with Gasteiger partial charge in [-0.15, -0.1) is 18.3 Å². The summed E-state index contributed by atoms with van der Waals surface area (Å²) in [6.07, 6.45) is 4.80. The van der Waals surface area contributed by atoms with Crippen molar-refractivity contribution in [3.8, 4) is 0 Å². The number of hydrogen-bond acceptors (Lipinski definition) is 3. The molecule has 2 atom stereocenters. The van der Waals surface area contributed by atoms with Gasteiger partial charge in [-0.1, -0.05) is 12.5 Å². The number of carboxylic acid groups (broad SMARTS) is 1. The van der Waals surface area contributed by atoms with Gasteiger partial charge in [0.05, 0.1) is 5.25 Å². The molecular weight excluding hydrogens is 226 g/mol. The van der Waals surface area contributed by atoms with E-state index in [9.17, 15) is 9.59 Å². The van der Waals surface area contributed by atoms with E-state index in [4.69, 9.17) is 5.11 Å². The molecule has 0 bridgehead atoms. The number of aliphatic carboxylic acids is 1. The highest BCUT2D eigenvalue weighted by Gasteiger charge is 2.25. The average Bonchev–Trinajstić information content (AvgIpc) is 2.29. The zero-order valence-electron chi connectivity index (χ0n) is 9.15. The van der Waals surface area contributed by atoms with Crippen LogP contribution in [0.25, 0.3) is 0 Å². The van der Waals surface area contributed by atoms with Crippen LogP contribution in [-0.4, -0.2) is 34.0 Å². The zero-order chi connectivity index (χ0) is 12.0. The number of thioether (sulfide) groups is 1. The van der Waals surface area contributed by atoms with Crippen LogP contribution in [0, 0.1) is 0 Å². The van der Waals surface area contributed by atoms with Gasteiger partial charge in [0.1, 0.15) is 6.04 Å². The number of hydrogen-bond donors (Lipinski definition) is 2. The summed E-state index contributed by atoms with van der Waals surface area (Å²) < 4.78 is 0. The van der Waals surface area contributed by atoms with Gasteiger partial charge in [0.2, 0.25) is 5.91 Å². The highest BCUT2D eigenvalue weighted by atomic mass is 32.2. The second kappa shape index (κ2) is 6.58. The minimum absolute atomic E-state index is 0.0829. The van der Waals surface area contributed by atoms with Crippen LogP contribution < -0.4 is 5.32 Å². The third-order valence-electron chi connectivity index (χ3n) is 2.49. The van der Waals surface area contributed by atoms with Crippen molar-refractivity contribution in [2.75, 3.05) is 5.75 Å². The topological polar surface area (TPSA) is 66.4 Å². The quantitative estimate of drug-likeness (QED) is 0.717. The lowest BCUT2D eigenvalue weighted by Gasteiger charge is -2.22. The SMILES string of the molecule is C=CCC(NC(=O)C1CCCCS1)C(=O)O. The van der Waals surface area contributed by atoms with Gasteiger partial charge in [-0.3, -0.25) is 4.79 Å². The predicted octanol–water partition coefficient (Wildman–Crippen LogP) is 1.42. The number of amides is 1. The Hall–Kier alpha value is -0.970. The molecule has 90 valence electrons. The molecule has 0 radical (unpaired) electrons. The summed E-state index contributed by atoms with van der Waals surface area (Å²) in [7, 11) is 0. The number of rotatable bonds is 5. The second-order valence-electron chi connectivity index (χ2n) is 3.78. The Balaban J connectivity index is 2.46. The van der Waals surface area contributed by atoms with Crippen molar-refractivity contribution in [3.63, 3.8) is 0 Å². The number of nitrogens with one attached hydrogen (secondary N) is 1. The third-order valence-corrected chi connectivity index (χ3v) is 3.87. The molecule has 1 aliphatic rings. The Morgan fingerprint density at radius 1 is 1.56 bits per heavy atom. The minimum Gasteiger partial charge on any atom is -0.480 e. The number of carbonyl (C=O) groups excluding carboxylic acids is 1. The van der Waals surface area contributed by atoms with Crippen LogP contribution in [0.2, 0.25) is 0 Å². The molecule has 4 nitrogen and oxygen atoms in total. The van der Waals surface area contributed by atoms with Crippen LogP contribution in [0.4, 0.5) is 0 Å². The largest absolute Gasteiger partial charge is 0.480 e. The normalized spacial score (nSPS) is 22.1. The van der Waals surface area contributed by atoms with Crippen molar-refractivity contribution in [2.45, 2.75) is 37.0 Å². The standard InChI is InChI=1S/C11H17NO3S/c1-2-5-8(11(14)15)12-10(13)9-6-3-4-7-16-9/h2,8-9H,1,3-7H2,(H,12,13)(H,14,15). The molecule has 0 spiro atoms. The van der Waals surface area contributed by atoms with E-state index in [1.165, 1.54) is 6.08 Å². The van der Waals surface area contributed by atoms with E-state index in [2.05, 4.69) is 11.9 Å².